The molecule has 0 spiro atoms. The van der Waals surface area contributed by atoms with E-state index in [-0.39, 0.29) is 17.7 Å². The molecule has 1 aliphatic rings. The number of aromatic nitrogens is 1. The molecule has 1 amide bonds. The van der Waals surface area contributed by atoms with Crippen molar-refractivity contribution in [1.29, 1.82) is 0 Å². The van der Waals surface area contributed by atoms with E-state index in [1.54, 1.807) is 17.2 Å². The molecule has 1 aromatic rings. The highest BCUT2D eigenvalue weighted by Crippen LogP contribution is 2.24. The Hall–Kier alpha value is -1.49. The lowest BCUT2D eigenvalue weighted by molar-refractivity contribution is -0.145. The largest absolute Gasteiger partial charge is 0.481 e. The molecule has 1 aliphatic heterocycles. The van der Waals surface area contributed by atoms with Crippen LogP contribution in [0.5, 0.6) is 0 Å². The van der Waals surface area contributed by atoms with Crippen molar-refractivity contribution in [1.82, 2.24) is 9.88 Å². The molecule has 2 heterocycles. The Morgan fingerprint density at radius 2 is 2.28 bits per heavy atom. The van der Waals surface area contributed by atoms with Crippen molar-refractivity contribution in [2.24, 2.45) is 11.8 Å². The summed E-state index contributed by atoms with van der Waals surface area (Å²) < 4.78 is 0. The summed E-state index contributed by atoms with van der Waals surface area (Å²) in [5, 5.41) is 9.52. The zero-order valence-corrected chi connectivity index (χ0v) is 10.8. The van der Waals surface area contributed by atoms with Gasteiger partial charge < -0.3 is 15.0 Å². The monoisotopic (exact) mass is 270 g/mol. The molecule has 1 saturated heterocycles. The third-order valence-corrected chi connectivity index (χ3v) is 3.61. The molecule has 1 aromatic heterocycles. The number of likely N-dealkylation sites (tertiary alicyclic amines) is 1. The maximum absolute atomic E-state index is 12.1. The van der Waals surface area contributed by atoms with Gasteiger partial charge in [0.25, 0.3) is 5.91 Å². The number of nitrogens with one attached hydrogen (secondary N) is 1. The van der Waals surface area contributed by atoms with Crippen LogP contribution in [0.1, 0.15) is 23.8 Å². The number of piperidine rings is 1. The molecule has 18 heavy (non-hydrogen) atoms. The van der Waals surface area contributed by atoms with Gasteiger partial charge in [0, 0.05) is 19.3 Å². The summed E-state index contributed by atoms with van der Waals surface area (Å²) in [7, 11) is 0. The van der Waals surface area contributed by atoms with Crippen molar-refractivity contribution in [2.75, 3.05) is 13.1 Å². The second kappa shape index (κ2) is 5.02. The molecule has 5 nitrogen and oxygen atoms in total. The number of hydrogen-bond acceptors (Lipinski definition) is 2. The van der Waals surface area contributed by atoms with Gasteiger partial charge in [0.1, 0.15) is 5.69 Å². The van der Waals surface area contributed by atoms with Crippen molar-refractivity contribution >= 4 is 23.5 Å². The number of carboxylic acid groups (broad SMARTS) is 1. The lowest BCUT2D eigenvalue weighted by Gasteiger charge is -2.34. The van der Waals surface area contributed by atoms with Crippen molar-refractivity contribution < 1.29 is 14.7 Å². The van der Waals surface area contributed by atoms with Crippen LogP contribution in [0, 0.1) is 11.8 Å². The predicted molar refractivity (Wildman–Crippen MR) is 66.6 cm³/mol. The molecule has 2 rings (SSSR count). The first-order valence-corrected chi connectivity index (χ1v) is 6.23. The number of aliphatic carboxylic acids is 1. The van der Waals surface area contributed by atoms with Crippen LogP contribution in [0.3, 0.4) is 0 Å². The van der Waals surface area contributed by atoms with Crippen LogP contribution in [0.15, 0.2) is 12.3 Å². The first-order chi connectivity index (χ1) is 8.49. The van der Waals surface area contributed by atoms with Crippen LogP contribution in [0.2, 0.25) is 5.02 Å². The number of aromatic amines is 1. The molecule has 1 fully saturated rings. The summed E-state index contributed by atoms with van der Waals surface area (Å²) in [5.74, 6) is -1.30. The zero-order chi connectivity index (χ0) is 13.3. The Balaban J connectivity index is 2.04. The lowest BCUT2D eigenvalue weighted by atomic mass is 9.87. The average Bonchev–Trinajstić information content (AvgIpc) is 2.74. The molecule has 0 aromatic carbocycles. The summed E-state index contributed by atoms with van der Waals surface area (Å²) >= 11 is 5.76. The number of amides is 1. The van der Waals surface area contributed by atoms with Crippen LogP contribution in [-0.2, 0) is 4.79 Å². The normalized spacial score (nSPS) is 24.0. The van der Waals surface area contributed by atoms with Crippen LogP contribution in [0.25, 0.3) is 0 Å². The topological polar surface area (TPSA) is 73.4 Å². The molecule has 0 saturated carbocycles. The van der Waals surface area contributed by atoms with Gasteiger partial charge in [0.15, 0.2) is 0 Å². The van der Waals surface area contributed by atoms with Gasteiger partial charge in [0.05, 0.1) is 10.9 Å². The standard InChI is InChI=1S/C12H15ClN2O3/c1-7-6-15(3-2-9(7)12(17)18)11(16)10-4-8(13)5-14-10/h4-5,7,9,14H,2-3,6H2,1H3,(H,17,18). The Morgan fingerprint density at radius 1 is 1.56 bits per heavy atom. The van der Waals surface area contributed by atoms with E-state index in [2.05, 4.69) is 4.98 Å². The SMILES string of the molecule is CC1CN(C(=O)c2cc(Cl)c[nH]2)CCC1C(=O)O. The van der Waals surface area contributed by atoms with Gasteiger partial charge in [-0.15, -0.1) is 0 Å². The van der Waals surface area contributed by atoms with E-state index < -0.39 is 5.97 Å². The van der Waals surface area contributed by atoms with Gasteiger partial charge in [-0.3, -0.25) is 9.59 Å². The number of halogens is 1. The fourth-order valence-corrected chi connectivity index (χ4v) is 2.52. The molecule has 0 bridgehead atoms. The minimum atomic E-state index is -0.780. The summed E-state index contributed by atoms with van der Waals surface area (Å²) in [6.45, 7) is 2.79. The molecular formula is C12H15ClN2O3. The third kappa shape index (κ3) is 2.51. The van der Waals surface area contributed by atoms with E-state index in [1.165, 1.54) is 0 Å². The minimum absolute atomic E-state index is 0.0364. The Kier molecular flexibility index (Phi) is 3.61. The van der Waals surface area contributed by atoms with Crippen molar-refractivity contribution in [2.45, 2.75) is 13.3 Å². The van der Waals surface area contributed by atoms with Crippen molar-refractivity contribution in [3.05, 3.63) is 23.0 Å². The van der Waals surface area contributed by atoms with Gasteiger partial charge in [0.2, 0.25) is 0 Å². The highest BCUT2D eigenvalue weighted by atomic mass is 35.5. The quantitative estimate of drug-likeness (QED) is 0.861. The lowest BCUT2D eigenvalue weighted by Crippen LogP contribution is -2.45. The molecule has 0 aliphatic carbocycles. The number of carboxylic acids is 1. The smallest absolute Gasteiger partial charge is 0.306 e. The van der Waals surface area contributed by atoms with Crippen molar-refractivity contribution in [3.63, 3.8) is 0 Å². The van der Waals surface area contributed by atoms with Crippen LogP contribution in [-0.4, -0.2) is 40.0 Å². The number of nitrogens with zero attached hydrogens (tertiary/aromatic N) is 1. The van der Waals surface area contributed by atoms with Crippen molar-refractivity contribution in [3.8, 4) is 0 Å². The molecule has 2 N–H and O–H groups in total. The van der Waals surface area contributed by atoms with E-state index in [4.69, 9.17) is 16.7 Å². The van der Waals surface area contributed by atoms with Crippen LogP contribution < -0.4 is 0 Å². The van der Waals surface area contributed by atoms with Gasteiger partial charge >= 0.3 is 5.97 Å². The molecule has 0 radical (unpaired) electrons. The first-order valence-electron chi connectivity index (χ1n) is 5.85. The highest BCUT2D eigenvalue weighted by Gasteiger charge is 2.33. The Bertz CT molecular complexity index is 472. The summed E-state index contributed by atoms with van der Waals surface area (Å²) in [5.41, 5.74) is 0.445. The van der Waals surface area contributed by atoms with E-state index in [9.17, 15) is 9.59 Å². The van der Waals surface area contributed by atoms with E-state index in [0.717, 1.165) is 0 Å². The van der Waals surface area contributed by atoms with Gasteiger partial charge in [-0.25, -0.2) is 0 Å². The number of H-pyrrole nitrogens is 1. The molecule has 2 atom stereocenters. The summed E-state index contributed by atoms with van der Waals surface area (Å²) in [6, 6.07) is 1.58. The van der Waals surface area contributed by atoms with E-state index in [0.29, 0.717) is 30.2 Å². The fraction of sp³-hybridized carbons (Fsp3) is 0.500. The number of carbonyl (C=O) groups excluding carboxylic acids is 1. The number of carbonyl (C=O) groups is 2. The van der Waals surface area contributed by atoms with Gasteiger partial charge in [-0.05, 0) is 18.4 Å². The third-order valence-electron chi connectivity index (χ3n) is 3.39. The molecule has 98 valence electrons. The summed E-state index contributed by atoms with van der Waals surface area (Å²) in [4.78, 5) is 27.6. The predicted octanol–water partition coefficient (Wildman–Crippen LogP) is 1.85. The average molecular weight is 271 g/mol. The minimum Gasteiger partial charge on any atom is -0.481 e. The molecule has 2 unspecified atom stereocenters. The zero-order valence-electron chi connectivity index (χ0n) is 10.0. The fourth-order valence-electron chi connectivity index (χ4n) is 2.36. The van der Waals surface area contributed by atoms with E-state index >= 15 is 0 Å². The second-order valence-electron chi connectivity index (χ2n) is 4.69. The van der Waals surface area contributed by atoms with Crippen LogP contribution in [0.4, 0.5) is 0 Å². The number of rotatable bonds is 2. The maximum Gasteiger partial charge on any atom is 0.306 e. The number of hydrogen-bond donors (Lipinski definition) is 2. The Morgan fingerprint density at radius 3 is 2.78 bits per heavy atom. The summed E-state index contributed by atoms with van der Waals surface area (Å²) in [6.07, 6.45) is 2.05. The highest BCUT2D eigenvalue weighted by molar-refractivity contribution is 6.30. The van der Waals surface area contributed by atoms with Gasteiger partial charge in [-0.2, -0.15) is 0 Å². The Labute approximate surface area is 110 Å². The molecule has 6 heteroatoms. The molecular weight excluding hydrogens is 256 g/mol. The van der Waals surface area contributed by atoms with Crippen LogP contribution >= 0.6 is 11.6 Å². The first kappa shape index (κ1) is 13.0. The van der Waals surface area contributed by atoms with E-state index in [1.807, 2.05) is 6.92 Å². The maximum atomic E-state index is 12.1. The second-order valence-corrected chi connectivity index (χ2v) is 5.13. The van der Waals surface area contributed by atoms with Gasteiger partial charge in [-0.1, -0.05) is 18.5 Å².